The van der Waals surface area contributed by atoms with Gasteiger partial charge in [-0.1, -0.05) is 0 Å². The Morgan fingerprint density at radius 3 is 1.67 bits per heavy atom. The van der Waals surface area contributed by atoms with Crippen molar-refractivity contribution in [1.82, 2.24) is 0 Å². The molecule has 0 radical (unpaired) electrons. The van der Waals surface area contributed by atoms with Gasteiger partial charge in [-0.15, -0.1) is 0 Å². The molecule has 2 heteroatoms. The average molecular weight is 211 g/mol. The van der Waals surface area contributed by atoms with Crippen molar-refractivity contribution in [1.29, 1.82) is 0 Å². The molecule has 4 saturated carbocycles. The van der Waals surface area contributed by atoms with Crippen LogP contribution in [-0.4, -0.2) is 26.1 Å². The fraction of sp³-hybridized carbons (Fsp3) is 1.00. The standard InChI is InChI=1S/C13H23N.H2O/c1-14(2)9-13-6-10-3-11(7-13)5-12(4-10)8-13;/h10-12H,3-9H2,1-2H3;1H2. The lowest BCUT2D eigenvalue weighted by atomic mass is 9.49. The Morgan fingerprint density at radius 2 is 1.33 bits per heavy atom. The van der Waals surface area contributed by atoms with Crippen LogP contribution in [0.25, 0.3) is 0 Å². The molecule has 0 aliphatic heterocycles. The first-order valence-corrected chi connectivity index (χ1v) is 6.44. The maximum absolute atomic E-state index is 2.33. The maximum atomic E-state index is 2.33. The number of rotatable bonds is 2. The van der Waals surface area contributed by atoms with E-state index in [0.717, 1.165) is 23.2 Å². The third kappa shape index (κ3) is 1.94. The summed E-state index contributed by atoms with van der Waals surface area (Å²) in [5.74, 6) is 3.38. The van der Waals surface area contributed by atoms with E-state index in [0.29, 0.717) is 0 Å². The van der Waals surface area contributed by atoms with Crippen LogP contribution < -0.4 is 4.90 Å². The highest BCUT2D eigenvalue weighted by Crippen LogP contribution is 2.59. The summed E-state index contributed by atoms with van der Waals surface area (Å²) in [6.07, 6.45) is 9.48. The maximum Gasteiger partial charge on any atom is 0.0824 e. The fourth-order valence-electron chi connectivity index (χ4n) is 5.26. The van der Waals surface area contributed by atoms with E-state index in [-0.39, 0.29) is 5.48 Å². The Hall–Kier alpha value is -0.0800. The molecule has 0 saturated heterocycles. The normalized spacial score (nSPS) is 47.0. The van der Waals surface area contributed by atoms with Gasteiger partial charge >= 0.3 is 0 Å². The van der Waals surface area contributed by atoms with E-state index in [1.54, 1.807) is 43.4 Å². The Kier molecular flexibility index (Phi) is 2.85. The Morgan fingerprint density at radius 1 is 0.933 bits per heavy atom. The topological polar surface area (TPSA) is 34.4 Å². The highest BCUT2D eigenvalue weighted by Gasteiger charge is 2.51. The molecule has 0 amide bonds. The first-order chi connectivity index (χ1) is 6.65. The van der Waals surface area contributed by atoms with Gasteiger partial charge in [-0.25, -0.2) is 0 Å². The second-order valence-electron chi connectivity index (χ2n) is 6.80. The van der Waals surface area contributed by atoms with E-state index < -0.39 is 0 Å². The van der Waals surface area contributed by atoms with Crippen molar-refractivity contribution in [3.8, 4) is 0 Å². The second kappa shape index (κ2) is 3.74. The van der Waals surface area contributed by atoms with Crippen LogP contribution in [0.15, 0.2) is 0 Å². The Balaban J connectivity index is 0.000000853. The van der Waals surface area contributed by atoms with Crippen LogP contribution in [0.5, 0.6) is 0 Å². The summed E-state index contributed by atoms with van der Waals surface area (Å²) < 4.78 is 0. The van der Waals surface area contributed by atoms with Crippen molar-refractivity contribution in [3.63, 3.8) is 0 Å². The lowest BCUT2D eigenvalue weighted by Crippen LogP contribution is -3.07. The van der Waals surface area contributed by atoms with Gasteiger partial charge in [0.1, 0.15) is 0 Å². The molecule has 15 heavy (non-hydrogen) atoms. The SMILES string of the molecule is C[NH+](C)CC12CC3CC(CC(C3)C1)C2.[OH-]. The summed E-state index contributed by atoms with van der Waals surface area (Å²) in [6.45, 7) is 1.44. The summed E-state index contributed by atoms with van der Waals surface area (Å²) in [6, 6.07) is 0. The van der Waals surface area contributed by atoms with Gasteiger partial charge in [0.25, 0.3) is 0 Å². The first-order valence-electron chi connectivity index (χ1n) is 6.44. The summed E-state index contributed by atoms with van der Waals surface area (Å²) in [5, 5.41) is 0. The molecular weight excluding hydrogens is 186 g/mol. The number of nitrogens with one attached hydrogen (secondary N) is 1. The summed E-state index contributed by atoms with van der Waals surface area (Å²) in [4.78, 5) is 1.67. The summed E-state index contributed by atoms with van der Waals surface area (Å²) in [5.41, 5.74) is 0.785. The third-order valence-corrected chi connectivity index (χ3v) is 4.89. The highest BCUT2D eigenvalue weighted by atomic mass is 16.0. The van der Waals surface area contributed by atoms with Crippen molar-refractivity contribution in [3.05, 3.63) is 0 Å². The third-order valence-electron chi connectivity index (χ3n) is 4.89. The van der Waals surface area contributed by atoms with Crippen LogP contribution in [0.3, 0.4) is 0 Å². The van der Waals surface area contributed by atoms with Gasteiger partial charge in [-0.05, 0) is 56.3 Å². The smallest absolute Gasteiger partial charge is 0.0824 e. The minimum absolute atomic E-state index is 0. The molecule has 88 valence electrons. The van der Waals surface area contributed by atoms with Gasteiger partial charge in [-0.3, -0.25) is 0 Å². The zero-order valence-corrected chi connectivity index (χ0v) is 10.1. The molecule has 4 rings (SSSR count). The van der Waals surface area contributed by atoms with Gasteiger partial charge in [0, 0.05) is 5.41 Å². The molecule has 0 heterocycles. The molecule has 4 fully saturated rings. The van der Waals surface area contributed by atoms with E-state index in [2.05, 4.69) is 14.1 Å². The molecule has 2 N–H and O–H groups in total. The van der Waals surface area contributed by atoms with Crippen LogP contribution in [-0.2, 0) is 0 Å². The van der Waals surface area contributed by atoms with Crippen LogP contribution in [0, 0.1) is 23.2 Å². The minimum atomic E-state index is 0. The number of quaternary nitrogens is 1. The van der Waals surface area contributed by atoms with E-state index in [1.165, 1.54) is 6.54 Å². The monoisotopic (exact) mass is 211 g/mol. The average Bonchev–Trinajstić information content (AvgIpc) is 1.96. The van der Waals surface area contributed by atoms with Gasteiger partial charge in [0.05, 0.1) is 20.6 Å². The van der Waals surface area contributed by atoms with Crippen LogP contribution in [0.2, 0.25) is 0 Å². The van der Waals surface area contributed by atoms with Gasteiger partial charge in [-0.2, -0.15) is 0 Å². The van der Waals surface area contributed by atoms with E-state index in [4.69, 9.17) is 0 Å². The van der Waals surface area contributed by atoms with Crippen LogP contribution >= 0.6 is 0 Å². The lowest BCUT2D eigenvalue weighted by molar-refractivity contribution is -0.867. The van der Waals surface area contributed by atoms with Crippen molar-refractivity contribution in [2.45, 2.75) is 38.5 Å². The molecular formula is C13H25NO. The molecule has 4 aliphatic rings. The van der Waals surface area contributed by atoms with E-state index in [1.807, 2.05) is 0 Å². The largest absolute Gasteiger partial charge is 0.870 e. The predicted octanol–water partition coefficient (Wildman–Crippen LogP) is 1.17. The van der Waals surface area contributed by atoms with Gasteiger partial charge in [0.15, 0.2) is 0 Å². The van der Waals surface area contributed by atoms with E-state index in [9.17, 15) is 0 Å². The van der Waals surface area contributed by atoms with Crippen molar-refractivity contribution < 1.29 is 10.4 Å². The van der Waals surface area contributed by atoms with Gasteiger partial charge < -0.3 is 10.4 Å². The highest BCUT2D eigenvalue weighted by molar-refractivity contribution is 5.01. The molecule has 0 aromatic carbocycles. The molecule has 0 spiro atoms. The molecule has 0 unspecified atom stereocenters. The molecule has 4 aliphatic carbocycles. The summed E-state index contributed by atoms with van der Waals surface area (Å²) in [7, 11) is 4.66. The zero-order valence-electron chi connectivity index (χ0n) is 10.1. The van der Waals surface area contributed by atoms with Crippen molar-refractivity contribution in [2.24, 2.45) is 23.2 Å². The summed E-state index contributed by atoms with van der Waals surface area (Å²) >= 11 is 0. The quantitative estimate of drug-likeness (QED) is 0.731. The van der Waals surface area contributed by atoms with Crippen LogP contribution in [0.1, 0.15) is 38.5 Å². The molecule has 0 aromatic heterocycles. The second-order valence-corrected chi connectivity index (χ2v) is 6.80. The fourth-order valence-corrected chi connectivity index (χ4v) is 5.26. The van der Waals surface area contributed by atoms with Crippen LogP contribution in [0.4, 0.5) is 0 Å². The van der Waals surface area contributed by atoms with Crippen molar-refractivity contribution in [2.75, 3.05) is 20.6 Å². The van der Waals surface area contributed by atoms with Gasteiger partial charge in [0.2, 0.25) is 0 Å². The number of hydrogen-bond donors (Lipinski definition) is 1. The molecule has 4 bridgehead atoms. The minimum Gasteiger partial charge on any atom is -0.870 e. The van der Waals surface area contributed by atoms with E-state index >= 15 is 0 Å². The molecule has 0 atom stereocenters. The predicted molar refractivity (Wildman–Crippen MR) is 60.2 cm³/mol. The molecule has 0 aromatic rings. The Labute approximate surface area is 93.3 Å². The first kappa shape index (κ1) is 11.4. The molecule has 2 nitrogen and oxygen atoms in total. The van der Waals surface area contributed by atoms with Crippen molar-refractivity contribution >= 4 is 0 Å². The Bertz CT molecular complexity index is 195. The zero-order chi connectivity index (χ0) is 9.76. The lowest BCUT2D eigenvalue weighted by Gasteiger charge is -2.56. The number of hydrogen-bond acceptors (Lipinski definition) is 1.